The largest absolute Gasteiger partial charge is 0.480 e. The van der Waals surface area contributed by atoms with E-state index in [9.17, 15) is 4.79 Å². The molecule has 3 aromatic rings. The first-order valence-electron chi connectivity index (χ1n) is 10.5. The number of aryl methyl sites for hydroxylation is 1. The van der Waals surface area contributed by atoms with Crippen LogP contribution in [0.15, 0.2) is 54.6 Å². The van der Waals surface area contributed by atoms with Gasteiger partial charge in [-0.1, -0.05) is 69.0 Å². The van der Waals surface area contributed by atoms with Crippen molar-refractivity contribution < 1.29 is 9.90 Å². The van der Waals surface area contributed by atoms with E-state index in [4.69, 9.17) is 10.1 Å². The number of benzene rings is 2. The van der Waals surface area contributed by atoms with Crippen molar-refractivity contribution in [2.75, 3.05) is 18.5 Å². The molecule has 0 atom stereocenters. The second-order valence-corrected chi connectivity index (χ2v) is 7.66. The van der Waals surface area contributed by atoms with E-state index >= 15 is 0 Å². The highest BCUT2D eigenvalue weighted by molar-refractivity contribution is 5.96. The van der Waals surface area contributed by atoms with E-state index in [1.54, 1.807) is 11.9 Å². The molecule has 1 N–H and O–H groups in total. The summed E-state index contributed by atoms with van der Waals surface area (Å²) < 4.78 is 0. The van der Waals surface area contributed by atoms with Gasteiger partial charge in [-0.05, 0) is 47.7 Å². The molecule has 152 valence electrons. The van der Waals surface area contributed by atoms with Gasteiger partial charge in [0.2, 0.25) is 0 Å². The zero-order valence-corrected chi connectivity index (χ0v) is 17.4. The normalized spacial score (nSPS) is 11.0. The topological polar surface area (TPSA) is 53.4 Å². The number of aliphatic carboxylic acids is 1. The Bertz CT molecular complexity index is 954. The number of carboxylic acid groups (broad SMARTS) is 1. The zero-order valence-electron chi connectivity index (χ0n) is 17.4. The molecule has 0 unspecified atom stereocenters. The molecule has 0 amide bonds. The van der Waals surface area contributed by atoms with Crippen molar-refractivity contribution in [1.82, 2.24) is 4.98 Å². The Morgan fingerprint density at radius 3 is 2.48 bits per heavy atom. The van der Waals surface area contributed by atoms with E-state index in [-0.39, 0.29) is 6.54 Å². The van der Waals surface area contributed by atoms with E-state index < -0.39 is 5.97 Å². The monoisotopic (exact) mass is 390 g/mol. The highest BCUT2D eigenvalue weighted by Gasteiger charge is 2.13. The van der Waals surface area contributed by atoms with Crippen molar-refractivity contribution in [3.05, 3.63) is 60.2 Å². The van der Waals surface area contributed by atoms with Gasteiger partial charge < -0.3 is 10.0 Å². The minimum absolute atomic E-state index is 0.0808. The predicted molar refractivity (Wildman–Crippen MR) is 121 cm³/mol. The van der Waals surface area contributed by atoms with E-state index in [1.807, 2.05) is 24.3 Å². The number of nitrogens with zero attached hydrogens (tertiary/aromatic N) is 2. The van der Waals surface area contributed by atoms with Crippen molar-refractivity contribution in [3.63, 3.8) is 0 Å². The van der Waals surface area contributed by atoms with Crippen LogP contribution in [0.2, 0.25) is 0 Å². The molecule has 0 bridgehead atoms. The summed E-state index contributed by atoms with van der Waals surface area (Å²) in [4.78, 5) is 17.6. The Balaban J connectivity index is 1.96. The lowest BCUT2D eigenvalue weighted by molar-refractivity contribution is -0.135. The zero-order chi connectivity index (χ0) is 20.6. The summed E-state index contributed by atoms with van der Waals surface area (Å²) in [6, 6.07) is 18.7. The summed E-state index contributed by atoms with van der Waals surface area (Å²) in [5, 5.41) is 10.3. The molecule has 1 heterocycles. The molecule has 1 aromatic heterocycles. The summed E-state index contributed by atoms with van der Waals surface area (Å²) in [5.74, 6) is -0.194. The lowest BCUT2D eigenvalue weighted by atomic mass is 9.97. The number of pyridine rings is 1. The number of fused-ring (bicyclic) bond motifs is 1. The fraction of sp³-hybridized carbons (Fsp3) is 0.360. The van der Waals surface area contributed by atoms with Crippen LogP contribution in [0.3, 0.4) is 0 Å². The second kappa shape index (κ2) is 10.1. The van der Waals surface area contributed by atoms with Gasteiger partial charge in [-0.2, -0.15) is 0 Å². The van der Waals surface area contributed by atoms with E-state index in [0.717, 1.165) is 28.5 Å². The summed E-state index contributed by atoms with van der Waals surface area (Å²) in [5.41, 5.74) is 4.44. The summed E-state index contributed by atoms with van der Waals surface area (Å²) in [6.07, 6.45) is 7.44. The summed E-state index contributed by atoms with van der Waals surface area (Å²) in [7, 11) is 1.77. The van der Waals surface area contributed by atoms with E-state index in [0.29, 0.717) is 5.82 Å². The lowest BCUT2D eigenvalue weighted by Crippen LogP contribution is -2.26. The molecule has 0 saturated heterocycles. The first-order valence-corrected chi connectivity index (χ1v) is 10.5. The molecular formula is C25H30N2O2. The minimum atomic E-state index is -0.867. The van der Waals surface area contributed by atoms with Crippen molar-refractivity contribution in [2.45, 2.75) is 45.4 Å². The Hall–Kier alpha value is -2.88. The minimum Gasteiger partial charge on any atom is -0.480 e. The van der Waals surface area contributed by atoms with Crippen molar-refractivity contribution in [3.8, 4) is 11.1 Å². The lowest BCUT2D eigenvalue weighted by Gasteiger charge is -2.18. The van der Waals surface area contributed by atoms with Crippen molar-refractivity contribution in [2.24, 2.45) is 0 Å². The number of likely N-dealkylation sites (N-methyl/N-ethyl adjacent to an activating group) is 1. The van der Waals surface area contributed by atoms with Crippen LogP contribution in [-0.4, -0.2) is 29.7 Å². The first-order chi connectivity index (χ1) is 14.1. The Morgan fingerprint density at radius 2 is 1.76 bits per heavy atom. The third-order valence-corrected chi connectivity index (χ3v) is 5.28. The fourth-order valence-electron chi connectivity index (χ4n) is 3.68. The maximum atomic E-state index is 11.1. The van der Waals surface area contributed by atoms with E-state index in [2.05, 4.69) is 37.3 Å². The van der Waals surface area contributed by atoms with Crippen LogP contribution in [-0.2, 0) is 11.2 Å². The number of hydrogen-bond acceptors (Lipinski definition) is 3. The van der Waals surface area contributed by atoms with Crippen LogP contribution in [0, 0.1) is 0 Å². The van der Waals surface area contributed by atoms with Crippen LogP contribution in [0.25, 0.3) is 22.0 Å². The van der Waals surface area contributed by atoms with Gasteiger partial charge in [0, 0.05) is 12.4 Å². The van der Waals surface area contributed by atoms with Gasteiger partial charge in [-0.15, -0.1) is 0 Å². The van der Waals surface area contributed by atoms with Crippen LogP contribution in [0.1, 0.15) is 44.6 Å². The number of rotatable bonds is 10. The van der Waals surface area contributed by atoms with Crippen LogP contribution in [0.4, 0.5) is 5.82 Å². The number of unbranched alkanes of at least 4 members (excludes halogenated alkanes) is 4. The van der Waals surface area contributed by atoms with Crippen LogP contribution in [0.5, 0.6) is 0 Å². The van der Waals surface area contributed by atoms with Crippen LogP contribution < -0.4 is 4.90 Å². The third-order valence-electron chi connectivity index (χ3n) is 5.28. The Labute approximate surface area is 173 Å². The predicted octanol–water partition coefficient (Wildman–Crippen LogP) is 5.94. The summed E-state index contributed by atoms with van der Waals surface area (Å²) >= 11 is 0. The highest BCUT2D eigenvalue weighted by atomic mass is 16.4. The molecule has 0 aliphatic rings. The molecule has 0 aliphatic heterocycles. The molecule has 0 radical (unpaired) electrons. The number of aromatic nitrogens is 1. The number of carboxylic acids is 1. The molecule has 0 fully saturated rings. The first kappa shape index (κ1) is 20.8. The molecule has 0 spiro atoms. The van der Waals surface area contributed by atoms with Gasteiger partial charge in [0.25, 0.3) is 0 Å². The van der Waals surface area contributed by atoms with Crippen molar-refractivity contribution >= 4 is 22.7 Å². The van der Waals surface area contributed by atoms with Gasteiger partial charge in [0.05, 0.1) is 5.52 Å². The smallest absolute Gasteiger partial charge is 0.323 e. The third kappa shape index (κ3) is 5.57. The second-order valence-electron chi connectivity index (χ2n) is 7.66. The molecule has 4 nitrogen and oxygen atoms in total. The molecule has 2 aromatic carbocycles. The fourth-order valence-corrected chi connectivity index (χ4v) is 3.68. The van der Waals surface area contributed by atoms with Crippen LogP contribution >= 0.6 is 0 Å². The number of carbonyl (C=O) groups is 1. The molecule has 0 aliphatic carbocycles. The van der Waals surface area contributed by atoms with Gasteiger partial charge in [-0.25, -0.2) is 4.98 Å². The van der Waals surface area contributed by atoms with E-state index in [1.165, 1.54) is 37.7 Å². The Morgan fingerprint density at radius 1 is 1.00 bits per heavy atom. The van der Waals surface area contributed by atoms with Gasteiger partial charge >= 0.3 is 5.97 Å². The molecular weight excluding hydrogens is 360 g/mol. The number of anilines is 1. The van der Waals surface area contributed by atoms with Crippen molar-refractivity contribution in [1.29, 1.82) is 0 Å². The van der Waals surface area contributed by atoms with Gasteiger partial charge in [0.15, 0.2) is 0 Å². The molecule has 29 heavy (non-hydrogen) atoms. The maximum Gasteiger partial charge on any atom is 0.323 e. The molecule has 3 rings (SSSR count). The van der Waals surface area contributed by atoms with Gasteiger partial charge in [-0.3, -0.25) is 4.79 Å². The summed E-state index contributed by atoms with van der Waals surface area (Å²) in [6.45, 7) is 2.16. The quantitative estimate of drug-likeness (QED) is 0.436. The average molecular weight is 391 g/mol. The molecule has 4 heteroatoms. The standard InChI is InChI=1S/C25H30N2O2/c1-3-4-5-6-8-11-19-14-15-23-22(16-19)21(20-12-9-7-10-13-20)17-24(26-23)27(2)18-25(28)29/h7,9-10,12-17H,3-6,8,11,18H2,1-2H3,(H,28,29). The average Bonchev–Trinajstić information content (AvgIpc) is 2.73. The SMILES string of the molecule is CCCCCCCc1ccc2nc(N(C)CC(=O)O)cc(-c3ccccc3)c2c1. The maximum absolute atomic E-state index is 11.1. The molecule has 0 saturated carbocycles. The Kier molecular flexibility index (Phi) is 7.23. The highest BCUT2D eigenvalue weighted by Crippen LogP contribution is 2.32. The number of hydrogen-bond donors (Lipinski definition) is 1. The van der Waals surface area contributed by atoms with Gasteiger partial charge in [0.1, 0.15) is 12.4 Å².